The SMILES string of the molecule is CC(C)(C)S(=O)Cc1cccc(NC(=O)C2CCNCC2)c1. The third-order valence-corrected chi connectivity index (χ3v) is 5.85. The summed E-state index contributed by atoms with van der Waals surface area (Å²) < 4.78 is 12.0. The van der Waals surface area contributed by atoms with Crippen molar-refractivity contribution in [3.05, 3.63) is 29.8 Å². The first-order chi connectivity index (χ1) is 10.4. The summed E-state index contributed by atoms with van der Waals surface area (Å²) in [6.45, 7) is 7.74. The van der Waals surface area contributed by atoms with Gasteiger partial charge in [0.25, 0.3) is 0 Å². The van der Waals surface area contributed by atoms with Gasteiger partial charge in [0.05, 0.1) is 0 Å². The Hall–Kier alpha value is -1.20. The molecule has 1 aromatic rings. The fraction of sp³-hybridized carbons (Fsp3) is 0.588. The number of carbonyl (C=O) groups excluding carboxylic acids is 1. The lowest BCUT2D eigenvalue weighted by Crippen LogP contribution is -2.34. The number of amides is 1. The molecule has 0 aliphatic carbocycles. The Bertz CT molecular complexity index is 546. The van der Waals surface area contributed by atoms with E-state index in [-0.39, 0.29) is 16.6 Å². The Morgan fingerprint density at radius 2 is 2.00 bits per heavy atom. The summed E-state index contributed by atoms with van der Waals surface area (Å²) in [5.41, 5.74) is 1.79. The second kappa shape index (κ2) is 7.38. The fourth-order valence-corrected chi connectivity index (χ4v) is 3.35. The van der Waals surface area contributed by atoms with Gasteiger partial charge in [0, 0.05) is 32.9 Å². The quantitative estimate of drug-likeness (QED) is 0.896. The van der Waals surface area contributed by atoms with Crippen LogP contribution in [0.2, 0.25) is 0 Å². The standard InChI is InChI=1S/C17H26N2O2S/c1-17(2,3)22(21)12-13-5-4-6-15(11-13)19-16(20)14-7-9-18-10-8-14/h4-6,11,14,18H,7-10,12H2,1-3H3,(H,19,20). The zero-order valence-electron chi connectivity index (χ0n) is 13.6. The van der Waals surface area contributed by atoms with Crippen molar-refractivity contribution in [1.29, 1.82) is 0 Å². The molecule has 22 heavy (non-hydrogen) atoms. The highest BCUT2D eigenvalue weighted by Crippen LogP contribution is 2.20. The number of benzene rings is 1. The summed E-state index contributed by atoms with van der Waals surface area (Å²) in [6.07, 6.45) is 1.78. The molecule has 122 valence electrons. The molecule has 0 bridgehead atoms. The molecule has 1 unspecified atom stereocenters. The molecule has 0 saturated carbocycles. The molecule has 1 fully saturated rings. The van der Waals surface area contributed by atoms with Gasteiger partial charge in [-0.1, -0.05) is 12.1 Å². The highest BCUT2D eigenvalue weighted by Gasteiger charge is 2.22. The van der Waals surface area contributed by atoms with Gasteiger partial charge in [-0.05, 0) is 64.4 Å². The fourth-order valence-electron chi connectivity index (χ4n) is 2.44. The normalized spacial score (nSPS) is 18.0. The lowest BCUT2D eigenvalue weighted by molar-refractivity contribution is -0.120. The van der Waals surface area contributed by atoms with Gasteiger partial charge in [0.2, 0.25) is 5.91 Å². The number of carbonyl (C=O) groups is 1. The van der Waals surface area contributed by atoms with Crippen molar-refractivity contribution in [2.24, 2.45) is 5.92 Å². The van der Waals surface area contributed by atoms with Crippen LogP contribution in [0.1, 0.15) is 39.2 Å². The van der Waals surface area contributed by atoms with E-state index in [0.29, 0.717) is 5.75 Å². The molecule has 0 aromatic heterocycles. The Labute approximate surface area is 135 Å². The number of anilines is 1. The maximum atomic E-state index is 12.3. The minimum atomic E-state index is -0.935. The van der Waals surface area contributed by atoms with E-state index in [2.05, 4.69) is 10.6 Å². The van der Waals surface area contributed by atoms with E-state index in [1.807, 2.05) is 45.0 Å². The number of piperidine rings is 1. The van der Waals surface area contributed by atoms with Crippen LogP contribution in [0.25, 0.3) is 0 Å². The molecule has 1 heterocycles. The summed E-state index contributed by atoms with van der Waals surface area (Å²) in [4.78, 5) is 12.3. The monoisotopic (exact) mass is 322 g/mol. The van der Waals surface area contributed by atoms with Gasteiger partial charge in [-0.3, -0.25) is 9.00 Å². The lowest BCUT2D eigenvalue weighted by atomic mass is 9.97. The molecule has 0 radical (unpaired) electrons. The van der Waals surface area contributed by atoms with E-state index in [0.717, 1.165) is 37.2 Å². The number of hydrogen-bond acceptors (Lipinski definition) is 3. The van der Waals surface area contributed by atoms with Gasteiger partial charge in [-0.25, -0.2) is 0 Å². The van der Waals surface area contributed by atoms with Crippen LogP contribution in [0.3, 0.4) is 0 Å². The first kappa shape index (κ1) is 17.2. The number of rotatable bonds is 4. The highest BCUT2D eigenvalue weighted by atomic mass is 32.2. The Morgan fingerprint density at radius 1 is 1.32 bits per heavy atom. The molecular formula is C17H26N2O2S. The summed E-state index contributed by atoms with van der Waals surface area (Å²) in [6, 6.07) is 7.70. The molecule has 1 aliphatic rings. The molecule has 1 amide bonds. The molecular weight excluding hydrogens is 296 g/mol. The molecule has 1 atom stereocenters. The summed E-state index contributed by atoms with van der Waals surface area (Å²) in [5, 5.41) is 6.26. The van der Waals surface area contributed by atoms with Crippen molar-refractivity contribution in [3.63, 3.8) is 0 Å². The van der Waals surface area contributed by atoms with Crippen LogP contribution >= 0.6 is 0 Å². The van der Waals surface area contributed by atoms with Crippen LogP contribution in [-0.4, -0.2) is 28.0 Å². The van der Waals surface area contributed by atoms with Crippen molar-refractivity contribution in [3.8, 4) is 0 Å². The zero-order chi connectivity index (χ0) is 16.2. The van der Waals surface area contributed by atoms with Gasteiger partial charge >= 0.3 is 0 Å². The van der Waals surface area contributed by atoms with Crippen molar-refractivity contribution in [1.82, 2.24) is 5.32 Å². The van der Waals surface area contributed by atoms with E-state index in [1.54, 1.807) is 0 Å². The Morgan fingerprint density at radius 3 is 2.64 bits per heavy atom. The average Bonchev–Trinajstić information content (AvgIpc) is 2.47. The molecule has 1 aromatic carbocycles. The Balaban J connectivity index is 1.99. The van der Waals surface area contributed by atoms with E-state index in [4.69, 9.17) is 0 Å². The summed E-state index contributed by atoms with van der Waals surface area (Å²) >= 11 is 0. The minimum absolute atomic E-state index is 0.0913. The maximum Gasteiger partial charge on any atom is 0.227 e. The second-order valence-electron chi connectivity index (χ2n) is 6.82. The molecule has 2 rings (SSSR count). The van der Waals surface area contributed by atoms with Crippen molar-refractivity contribution < 1.29 is 9.00 Å². The molecule has 0 spiro atoms. The summed E-state index contributed by atoms with van der Waals surface area (Å²) in [7, 11) is -0.935. The average molecular weight is 322 g/mol. The van der Waals surface area contributed by atoms with Gasteiger partial charge < -0.3 is 10.6 Å². The highest BCUT2D eigenvalue weighted by molar-refractivity contribution is 7.85. The van der Waals surface area contributed by atoms with Crippen LogP contribution in [0.4, 0.5) is 5.69 Å². The van der Waals surface area contributed by atoms with Crippen molar-refractivity contribution in [2.45, 2.75) is 44.1 Å². The zero-order valence-corrected chi connectivity index (χ0v) is 14.5. The largest absolute Gasteiger partial charge is 0.326 e. The van der Waals surface area contributed by atoms with Crippen LogP contribution in [0.15, 0.2) is 24.3 Å². The number of nitrogens with one attached hydrogen (secondary N) is 2. The lowest BCUT2D eigenvalue weighted by Gasteiger charge is -2.22. The second-order valence-corrected chi connectivity index (χ2v) is 9.02. The maximum absolute atomic E-state index is 12.3. The third kappa shape index (κ3) is 4.92. The van der Waals surface area contributed by atoms with Gasteiger partial charge in [-0.2, -0.15) is 0 Å². The smallest absolute Gasteiger partial charge is 0.227 e. The third-order valence-electron chi connectivity index (χ3n) is 3.89. The number of hydrogen-bond donors (Lipinski definition) is 2. The molecule has 5 heteroatoms. The predicted octanol–water partition coefficient (Wildman–Crippen LogP) is 2.67. The van der Waals surface area contributed by atoms with Crippen LogP contribution < -0.4 is 10.6 Å². The minimum Gasteiger partial charge on any atom is -0.326 e. The first-order valence-electron chi connectivity index (χ1n) is 7.85. The van der Waals surface area contributed by atoms with Crippen LogP contribution in [-0.2, 0) is 21.3 Å². The van der Waals surface area contributed by atoms with Gasteiger partial charge in [0.1, 0.15) is 0 Å². The van der Waals surface area contributed by atoms with E-state index in [9.17, 15) is 9.00 Å². The Kier molecular flexibility index (Phi) is 5.75. The first-order valence-corrected chi connectivity index (χ1v) is 9.17. The van der Waals surface area contributed by atoms with Crippen molar-refractivity contribution in [2.75, 3.05) is 18.4 Å². The van der Waals surface area contributed by atoms with Gasteiger partial charge in [0.15, 0.2) is 0 Å². The molecule has 1 aliphatic heterocycles. The van der Waals surface area contributed by atoms with E-state index >= 15 is 0 Å². The van der Waals surface area contributed by atoms with E-state index < -0.39 is 10.8 Å². The van der Waals surface area contributed by atoms with Crippen molar-refractivity contribution >= 4 is 22.4 Å². The molecule has 1 saturated heterocycles. The van der Waals surface area contributed by atoms with Gasteiger partial charge in [-0.15, -0.1) is 0 Å². The van der Waals surface area contributed by atoms with Crippen LogP contribution in [0.5, 0.6) is 0 Å². The molecule has 4 nitrogen and oxygen atoms in total. The topological polar surface area (TPSA) is 58.2 Å². The summed E-state index contributed by atoms with van der Waals surface area (Å²) in [5.74, 6) is 0.699. The van der Waals surface area contributed by atoms with Crippen LogP contribution in [0, 0.1) is 5.92 Å². The van der Waals surface area contributed by atoms with E-state index in [1.165, 1.54) is 0 Å². The molecule has 2 N–H and O–H groups in total. The predicted molar refractivity (Wildman–Crippen MR) is 92.3 cm³/mol.